The minimum absolute atomic E-state index is 0.145. The summed E-state index contributed by atoms with van der Waals surface area (Å²) in [6.07, 6.45) is 60.0. The van der Waals surface area contributed by atoms with Crippen molar-refractivity contribution in [1.82, 2.24) is 0 Å². The van der Waals surface area contributed by atoms with Gasteiger partial charge in [-0.15, -0.1) is 0 Å². The maximum atomic E-state index is 12.9. The second-order valence-corrected chi connectivity index (χ2v) is 20.5. The zero-order valence-electron chi connectivity index (χ0n) is 45.9. The fourth-order valence-corrected chi connectivity index (χ4v) is 8.47. The van der Waals surface area contributed by atoms with Gasteiger partial charge < -0.3 is 24.2 Å². The van der Waals surface area contributed by atoms with Crippen molar-refractivity contribution in [2.75, 3.05) is 26.4 Å². The Labute approximate surface area is 439 Å². The van der Waals surface area contributed by atoms with Crippen LogP contribution in [-0.2, 0) is 42.2 Å². The van der Waals surface area contributed by atoms with E-state index in [4.69, 9.17) is 23.3 Å². The average Bonchev–Trinajstić information content (AvgIpc) is 3.37. The minimum Gasteiger partial charge on any atom is -0.462 e. The number of unbranched alkanes of at least 4 members (excludes halogenated alkanes) is 24. The van der Waals surface area contributed by atoms with Crippen molar-refractivity contribution in [2.45, 2.75) is 264 Å². The molecule has 0 heterocycles. The summed E-state index contributed by atoms with van der Waals surface area (Å²) in [4.78, 5) is 48.5. The molecule has 0 aliphatic carbocycles. The van der Waals surface area contributed by atoms with Crippen LogP contribution in [0.1, 0.15) is 252 Å². The van der Waals surface area contributed by atoms with Crippen molar-refractivity contribution in [3.8, 4) is 0 Å². The third-order valence-corrected chi connectivity index (χ3v) is 13.0. The molecule has 0 amide bonds. The molecule has 0 fully saturated rings. The average molecular weight is 1030 g/mol. The normalized spacial score (nSPS) is 13.9. The number of ether oxygens (including phenoxy) is 3. The van der Waals surface area contributed by atoms with Crippen molar-refractivity contribution in [3.05, 3.63) is 72.9 Å². The number of hydrogen-bond acceptors (Lipinski definition) is 10. The Morgan fingerprint density at radius 1 is 0.403 bits per heavy atom. The van der Waals surface area contributed by atoms with E-state index in [2.05, 4.69) is 93.7 Å². The maximum absolute atomic E-state index is 12.9. The summed E-state index contributed by atoms with van der Waals surface area (Å²) in [6.45, 7) is 4.47. The number of aliphatic hydroxyl groups is 1. The molecule has 0 aliphatic rings. The van der Waals surface area contributed by atoms with Crippen LogP contribution in [-0.4, -0.2) is 66.5 Å². The summed E-state index contributed by atoms with van der Waals surface area (Å²) in [5, 5.41) is 9.81. The number of allylic oxidation sites excluding steroid dienone is 12. The van der Waals surface area contributed by atoms with Crippen LogP contribution >= 0.6 is 7.82 Å². The highest BCUT2D eigenvalue weighted by molar-refractivity contribution is 7.47. The highest BCUT2D eigenvalue weighted by atomic mass is 31.2. The maximum Gasteiger partial charge on any atom is 0.472 e. The molecule has 3 atom stereocenters. The van der Waals surface area contributed by atoms with Crippen LogP contribution in [0.15, 0.2) is 72.9 Å². The molecule has 11 nitrogen and oxygen atoms in total. The van der Waals surface area contributed by atoms with Crippen molar-refractivity contribution in [3.63, 3.8) is 0 Å². The van der Waals surface area contributed by atoms with E-state index in [1.807, 2.05) is 0 Å². The van der Waals surface area contributed by atoms with Gasteiger partial charge in [-0.1, -0.05) is 196 Å². The van der Waals surface area contributed by atoms with Crippen LogP contribution in [0, 0.1) is 0 Å². The highest BCUT2D eigenvalue weighted by Gasteiger charge is 2.28. The summed E-state index contributed by atoms with van der Waals surface area (Å²) < 4.78 is 39.5. The Hall–Kier alpha value is -3.08. The van der Waals surface area contributed by atoms with Gasteiger partial charge in [-0.2, -0.15) is 0 Å². The fraction of sp³-hybridized carbons (Fsp3) is 0.750. The topological polar surface area (TPSA) is 155 Å². The van der Waals surface area contributed by atoms with Gasteiger partial charge in [-0.05, 0) is 109 Å². The van der Waals surface area contributed by atoms with E-state index in [-0.39, 0.29) is 25.9 Å². The molecule has 0 aromatic heterocycles. The molecule has 416 valence electrons. The minimum atomic E-state index is -4.76. The number of esters is 3. The molecular formula is C60H105O11P. The van der Waals surface area contributed by atoms with Gasteiger partial charge in [0.2, 0.25) is 0 Å². The molecule has 0 rings (SSSR count). The summed E-state index contributed by atoms with van der Waals surface area (Å²) in [5.41, 5.74) is 0. The Balaban J connectivity index is 4.76. The molecule has 72 heavy (non-hydrogen) atoms. The molecular weight excluding hydrogens is 928 g/mol. The summed E-state index contributed by atoms with van der Waals surface area (Å²) in [6, 6.07) is 0. The third-order valence-electron chi connectivity index (χ3n) is 12.1. The van der Waals surface area contributed by atoms with Crippen molar-refractivity contribution in [2.24, 2.45) is 0 Å². The first kappa shape index (κ1) is 68.9. The number of rotatable bonds is 53. The van der Waals surface area contributed by atoms with Gasteiger partial charge in [0, 0.05) is 19.3 Å². The predicted molar refractivity (Wildman–Crippen MR) is 298 cm³/mol. The highest BCUT2D eigenvalue weighted by Crippen LogP contribution is 2.43. The van der Waals surface area contributed by atoms with Gasteiger partial charge in [0.25, 0.3) is 0 Å². The smallest absolute Gasteiger partial charge is 0.462 e. The molecule has 0 aliphatic heterocycles. The van der Waals surface area contributed by atoms with Crippen LogP contribution in [0.2, 0.25) is 0 Å². The summed E-state index contributed by atoms with van der Waals surface area (Å²) in [7, 11) is -4.76. The Morgan fingerprint density at radius 2 is 0.722 bits per heavy atom. The third kappa shape index (κ3) is 51.8. The first-order chi connectivity index (χ1) is 35.2. The van der Waals surface area contributed by atoms with Crippen LogP contribution in [0.4, 0.5) is 0 Å². The zero-order chi connectivity index (χ0) is 52.7. The van der Waals surface area contributed by atoms with Gasteiger partial charge in [-0.25, -0.2) is 4.57 Å². The first-order valence-electron chi connectivity index (χ1n) is 28.8. The van der Waals surface area contributed by atoms with Gasteiger partial charge in [0.05, 0.1) is 19.8 Å². The van der Waals surface area contributed by atoms with Gasteiger partial charge >= 0.3 is 25.7 Å². The molecule has 0 radical (unpaired) electrons. The lowest BCUT2D eigenvalue weighted by atomic mass is 10.1. The van der Waals surface area contributed by atoms with Crippen LogP contribution in [0.25, 0.3) is 0 Å². The molecule has 0 saturated heterocycles. The van der Waals surface area contributed by atoms with Crippen molar-refractivity contribution >= 4 is 25.7 Å². The van der Waals surface area contributed by atoms with Gasteiger partial charge in [0.1, 0.15) is 12.7 Å². The van der Waals surface area contributed by atoms with Gasteiger partial charge in [0.15, 0.2) is 6.10 Å². The molecule has 12 heteroatoms. The van der Waals surface area contributed by atoms with Crippen molar-refractivity contribution in [1.29, 1.82) is 0 Å². The second-order valence-electron chi connectivity index (χ2n) is 19.1. The molecule has 2 N–H and O–H groups in total. The second kappa shape index (κ2) is 54.2. The Bertz CT molecular complexity index is 1490. The predicted octanol–water partition coefficient (Wildman–Crippen LogP) is 16.9. The molecule has 0 aromatic carbocycles. The van der Waals surface area contributed by atoms with E-state index in [1.165, 1.54) is 57.8 Å². The van der Waals surface area contributed by atoms with Gasteiger partial charge in [-0.3, -0.25) is 23.4 Å². The van der Waals surface area contributed by atoms with Crippen LogP contribution in [0.5, 0.6) is 0 Å². The number of carbonyl (C=O) groups excluding carboxylic acids is 3. The van der Waals surface area contributed by atoms with Crippen LogP contribution in [0.3, 0.4) is 0 Å². The van der Waals surface area contributed by atoms with Crippen LogP contribution < -0.4 is 0 Å². The first-order valence-corrected chi connectivity index (χ1v) is 30.3. The Morgan fingerprint density at radius 3 is 1.15 bits per heavy atom. The number of aliphatic hydroxyl groups excluding tert-OH is 1. The van der Waals surface area contributed by atoms with E-state index in [0.29, 0.717) is 19.3 Å². The lowest BCUT2D eigenvalue weighted by molar-refractivity contribution is -0.161. The SMILES string of the molecule is CC/C=C\C/C=C\C/C=C\CCCCCCCC(=O)OCC(COP(=O)(O)OCC(CO)OC(=O)CCCCCCC/C=C\CCCCCCCC)OC(=O)CCCCCCC/C=C\C/C=C\CCCCC. The summed E-state index contributed by atoms with van der Waals surface area (Å²) >= 11 is 0. The monoisotopic (exact) mass is 1030 g/mol. The standard InChI is InChI=1S/C60H105O11P/c1-4-7-10-13-16-19-22-25-28-31-34-37-40-43-46-49-58(62)67-53-57(71-60(64)51-48-45-42-39-36-33-30-27-24-21-18-15-12-9-6-3)55-69-72(65,66)68-54-56(52-61)70-59(63)50-47-44-41-38-35-32-29-26-23-20-17-14-11-8-5-2/h7,10,16,18-19,21,25-30,56-57,61H,4-6,8-9,11-15,17,20,22-24,31-55H2,1-3H3,(H,65,66)/b10-7-,19-16-,21-18-,28-25-,29-26-,30-27-. The van der Waals surface area contributed by atoms with E-state index < -0.39 is 57.8 Å². The lowest BCUT2D eigenvalue weighted by Gasteiger charge is -2.21. The quantitative estimate of drug-likeness (QED) is 0.0197. The van der Waals surface area contributed by atoms with E-state index >= 15 is 0 Å². The van der Waals surface area contributed by atoms with E-state index in [9.17, 15) is 28.9 Å². The molecule has 0 saturated carbocycles. The number of carbonyl (C=O) groups is 3. The van der Waals surface area contributed by atoms with E-state index in [0.717, 1.165) is 135 Å². The molecule has 0 aromatic rings. The zero-order valence-corrected chi connectivity index (χ0v) is 46.8. The Kier molecular flexibility index (Phi) is 51.9. The molecule has 3 unspecified atom stereocenters. The number of phosphoric acid groups is 1. The summed E-state index contributed by atoms with van der Waals surface area (Å²) in [5.74, 6) is -1.51. The van der Waals surface area contributed by atoms with E-state index in [1.54, 1.807) is 0 Å². The largest absolute Gasteiger partial charge is 0.472 e. The number of phosphoric ester groups is 1. The molecule has 0 spiro atoms. The van der Waals surface area contributed by atoms with Crippen molar-refractivity contribution < 1.29 is 52.2 Å². The number of hydrogen-bond donors (Lipinski definition) is 2. The lowest BCUT2D eigenvalue weighted by Crippen LogP contribution is -2.30. The fourth-order valence-electron chi connectivity index (χ4n) is 7.69. The molecule has 0 bridgehead atoms.